The minimum absolute atomic E-state index is 0.00471. The Morgan fingerprint density at radius 1 is 1.00 bits per heavy atom. The molecule has 1 amide bonds. The summed E-state index contributed by atoms with van der Waals surface area (Å²) in [4.78, 5) is 17.7. The van der Waals surface area contributed by atoms with Gasteiger partial charge in [-0.15, -0.1) is 0 Å². The molecule has 6 rings (SSSR count). The number of amides is 1. The molecule has 1 unspecified atom stereocenters. The number of methoxy groups -OCH3 is 1. The summed E-state index contributed by atoms with van der Waals surface area (Å²) in [6.07, 6.45) is 2.61. The van der Waals surface area contributed by atoms with Crippen molar-refractivity contribution in [1.29, 1.82) is 0 Å². The molecule has 0 radical (unpaired) electrons. The average Bonchev–Trinajstić information content (AvgIpc) is 2.95. The van der Waals surface area contributed by atoms with Gasteiger partial charge in [0.25, 0.3) is 5.91 Å². The molecule has 0 saturated carbocycles. The number of likely N-dealkylation sites (N-methyl/N-ethyl adjacent to an activating group) is 1. The van der Waals surface area contributed by atoms with Gasteiger partial charge in [-0.3, -0.25) is 9.69 Å². The molecule has 206 valence electrons. The van der Waals surface area contributed by atoms with Crippen molar-refractivity contribution in [2.45, 2.75) is 56.7 Å². The second kappa shape index (κ2) is 11.1. The monoisotopic (exact) mass is 525 g/mol. The van der Waals surface area contributed by atoms with E-state index in [-0.39, 0.29) is 17.9 Å². The number of ether oxygens (including phenoxy) is 1. The number of nitrogens with zero attached hydrogens (tertiary/aromatic N) is 2. The van der Waals surface area contributed by atoms with Gasteiger partial charge in [-0.1, -0.05) is 86.6 Å². The Kier molecular flexibility index (Phi) is 7.84. The van der Waals surface area contributed by atoms with Crippen LogP contribution in [-0.2, 0) is 11.2 Å². The van der Waals surface area contributed by atoms with Crippen molar-refractivity contribution in [2.75, 3.05) is 27.7 Å². The summed E-state index contributed by atoms with van der Waals surface area (Å²) >= 11 is 0. The first-order valence-corrected chi connectivity index (χ1v) is 14.3. The molecule has 0 aromatic heterocycles. The highest BCUT2D eigenvalue weighted by molar-refractivity contribution is 5.85. The van der Waals surface area contributed by atoms with Crippen LogP contribution in [0.1, 0.15) is 60.8 Å². The fraction of sp³-hybridized carbons (Fsp3) is 0.441. The van der Waals surface area contributed by atoms with Crippen molar-refractivity contribution in [3.8, 4) is 5.75 Å². The normalized spacial score (nSPS) is 26.2. The number of hydrogen-bond donors (Lipinski definition) is 1. The maximum Gasteiger partial charge on any atom is 0.257 e. The number of fused-ring (bicyclic) bond motifs is 3. The van der Waals surface area contributed by atoms with Crippen LogP contribution >= 0.6 is 0 Å². The molecule has 3 aliphatic heterocycles. The number of nitrogens with two attached hydrogens (primary N) is 1. The zero-order valence-electron chi connectivity index (χ0n) is 24.0. The lowest BCUT2D eigenvalue weighted by Crippen LogP contribution is -2.76. The highest BCUT2D eigenvalue weighted by Gasteiger charge is 2.58. The summed E-state index contributed by atoms with van der Waals surface area (Å²) in [6.45, 7) is 5.29. The predicted octanol–water partition coefficient (Wildman–Crippen LogP) is 5.65. The van der Waals surface area contributed by atoms with Gasteiger partial charge < -0.3 is 15.4 Å². The lowest BCUT2D eigenvalue weighted by Gasteiger charge is -2.61. The fourth-order valence-electron chi connectivity index (χ4n) is 7.20. The van der Waals surface area contributed by atoms with Crippen molar-refractivity contribution in [3.05, 3.63) is 101 Å². The zero-order valence-corrected chi connectivity index (χ0v) is 24.0. The summed E-state index contributed by atoms with van der Waals surface area (Å²) < 4.78 is 5.88. The van der Waals surface area contributed by atoms with Gasteiger partial charge >= 0.3 is 0 Å². The molecule has 3 aliphatic rings. The number of carbonyl (C=O) groups excluding carboxylic acids is 1. The van der Waals surface area contributed by atoms with Gasteiger partial charge in [-0.05, 0) is 65.3 Å². The highest BCUT2D eigenvalue weighted by Crippen LogP contribution is 2.51. The van der Waals surface area contributed by atoms with E-state index in [9.17, 15) is 4.79 Å². The van der Waals surface area contributed by atoms with Crippen LogP contribution in [0.15, 0.2) is 78.9 Å². The first-order chi connectivity index (χ1) is 18.7. The smallest absolute Gasteiger partial charge is 0.257 e. The lowest BCUT2D eigenvalue weighted by molar-refractivity contribution is -0.164. The van der Waals surface area contributed by atoms with E-state index in [0.29, 0.717) is 24.2 Å². The lowest BCUT2D eigenvalue weighted by atomic mass is 9.61. The summed E-state index contributed by atoms with van der Waals surface area (Å²) in [5.41, 5.74) is 11.2. The van der Waals surface area contributed by atoms with Gasteiger partial charge in [-0.25, -0.2) is 0 Å². The fourth-order valence-corrected chi connectivity index (χ4v) is 7.20. The molecule has 3 heterocycles. The second-order valence-electron chi connectivity index (χ2n) is 12.0. The standard InChI is InChI=1S/C34H43N3O2/c1-23(2)26-16-17-30(39-5)28(20-26)21-29-27-18-19-37(34(35,22-27)33(38)36(3)4)32(29)31(24-12-8-6-9-13-24)25-14-10-7-11-15-25/h6-17,20,23,27,29,31-32H,18-19,21-22,35H2,1-5H3/t27-,29-,32+,34+/m0/s1. The third kappa shape index (κ3) is 5.10. The van der Waals surface area contributed by atoms with E-state index in [2.05, 4.69) is 97.6 Å². The minimum atomic E-state index is -1.01. The minimum Gasteiger partial charge on any atom is -0.496 e. The second-order valence-corrected chi connectivity index (χ2v) is 12.0. The number of benzene rings is 3. The first kappa shape index (κ1) is 27.4. The molecule has 3 aromatic rings. The topological polar surface area (TPSA) is 58.8 Å². The van der Waals surface area contributed by atoms with Crippen LogP contribution < -0.4 is 10.5 Å². The van der Waals surface area contributed by atoms with Crippen molar-refractivity contribution in [3.63, 3.8) is 0 Å². The van der Waals surface area contributed by atoms with Gasteiger partial charge in [0.15, 0.2) is 5.66 Å². The summed E-state index contributed by atoms with van der Waals surface area (Å²) in [5.74, 6) is 2.10. The van der Waals surface area contributed by atoms with Gasteiger partial charge in [0, 0.05) is 32.6 Å². The van der Waals surface area contributed by atoms with E-state index in [1.165, 1.54) is 22.3 Å². The Morgan fingerprint density at radius 3 is 2.15 bits per heavy atom. The van der Waals surface area contributed by atoms with E-state index in [4.69, 9.17) is 10.5 Å². The third-order valence-corrected chi connectivity index (χ3v) is 9.09. The number of hydrogen-bond acceptors (Lipinski definition) is 4. The van der Waals surface area contributed by atoms with Crippen LogP contribution in [0.25, 0.3) is 0 Å². The molecule has 3 aromatic carbocycles. The first-order valence-electron chi connectivity index (χ1n) is 14.3. The molecule has 2 N–H and O–H groups in total. The van der Waals surface area contributed by atoms with Crippen LogP contribution in [-0.4, -0.2) is 55.2 Å². The molecule has 3 fully saturated rings. The zero-order chi connectivity index (χ0) is 27.7. The largest absolute Gasteiger partial charge is 0.496 e. The molecule has 0 spiro atoms. The Morgan fingerprint density at radius 2 is 1.62 bits per heavy atom. The summed E-state index contributed by atoms with van der Waals surface area (Å²) in [6, 6.07) is 28.2. The van der Waals surface area contributed by atoms with Crippen molar-refractivity contribution < 1.29 is 9.53 Å². The van der Waals surface area contributed by atoms with E-state index in [0.717, 1.165) is 25.1 Å². The molecule has 39 heavy (non-hydrogen) atoms. The number of carbonyl (C=O) groups is 1. The molecular formula is C34H43N3O2. The molecular weight excluding hydrogens is 482 g/mol. The van der Waals surface area contributed by atoms with E-state index in [1.54, 1.807) is 12.0 Å². The quantitative estimate of drug-likeness (QED) is 0.413. The van der Waals surface area contributed by atoms with Gasteiger partial charge in [-0.2, -0.15) is 0 Å². The summed E-state index contributed by atoms with van der Waals surface area (Å²) in [7, 11) is 5.40. The third-order valence-electron chi connectivity index (χ3n) is 9.09. The van der Waals surface area contributed by atoms with Crippen LogP contribution in [0.2, 0.25) is 0 Å². The molecule has 5 nitrogen and oxygen atoms in total. The van der Waals surface area contributed by atoms with Crippen molar-refractivity contribution in [2.24, 2.45) is 17.6 Å². The molecule has 5 heteroatoms. The average molecular weight is 526 g/mol. The van der Waals surface area contributed by atoms with Crippen LogP contribution in [0.4, 0.5) is 0 Å². The maximum absolute atomic E-state index is 13.7. The van der Waals surface area contributed by atoms with Gasteiger partial charge in [0.05, 0.1) is 7.11 Å². The number of rotatable bonds is 8. The van der Waals surface area contributed by atoms with Crippen molar-refractivity contribution >= 4 is 5.91 Å². The summed E-state index contributed by atoms with van der Waals surface area (Å²) in [5, 5.41) is 0. The van der Waals surface area contributed by atoms with E-state index in [1.807, 2.05) is 14.1 Å². The molecule has 5 atom stereocenters. The SMILES string of the molecule is COc1ccc(C(C)C)cc1C[C@H]1[C@H]2CCN([C@H]1C(c1ccccc1)c1ccccc1)[C@@](N)(C(=O)N(C)C)C2. The Hall–Kier alpha value is -3.15. The number of piperidine rings is 3. The van der Waals surface area contributed by atoms with Crippen molar-refractivity contribution in [1.82, 2.24) is 9.80 Å². The van der Waals surface area contributed by atoms with E-state index >= 15 is 0 Å². The van der Waals surface area contributed by atoms with E-state index < -0.39 is 5.66 Å². The van der Waals surface area contributed by atoms with Crippen LogP contribution in [0, 0.1) is 11.8 Å². The van der Waals surface area contributed by atoms with Crippen LogP contribution in [0.3, 0.4) is 0 Å². The Labute approximate surface area is 234 Å². The van der Waals surface area contributed by atoms with Crippen LogP contribution in [0.5, 0.6) is 5.75 Å². The highest BCUT2D eigenvalue weighted by atomic mass is 16.5. The molecule has 2 bridgehead atoms. The predicted molar refractivity (Wildman–Crippen MR) is 158 cm³/mol. The van der Waals surface area contributed by atoms with Gasteiger partial charge in [0.2, 0.25) is 0 Å². The van der Waals surface area contributed by atoms with Gasteiger partial charge in [0.1, 0.15) is 5.75 Å². The molecule has 3 saturated heterocycles. The molecule has 0 aliphatic carbocycles. The maximum atomic E-state index is 13.7. The Balaban J connectivity index is 1.67. The Bertz CT molecular complexity index is 1240.